The van der Waals surface area contributed by atoms with Crippen molar-refractivity contribution in [2.45, 2.75) is 38.3 Å². The van der Waals surface area contributed by atoms with Crippen LogP contribution in [0.4, 0.5) is 18.9 Å². The first-order valence-corrected chi connectivity index (χ1v) is 11.0. The predicted octanol–water partition coefficient (Wildman–Crippen LogP) is 5.97. The molecule has 34 heavy (non-hydrogen) atoms. The number of carbonyl (C=O) groups excluding carboxylic acids is 2. The molecule has 5 nitrogen and oxygen atoms in total. The third-order valence-corrected chi connectivity index (χ3v) is 6.34. The van der Waals surface area contributed by atoms with Crippen molar-refractivity contribution in [1.82, 2.24) is 5.32 Å². The van der Waals surface area contributed by atoms with E-state index >= 15 is 0 Å². The van der Waals surface area contributed by atoms with Crippen molar-refractivity contribution in [1.29, 1.82) is 0 Å². The summed E-state index contributed by atoms with van der Waals surface area (Å²) in [6.07, 6.45) is -2.86. The number of hydrogen-bond acceptors (Lipinski definition) is 4. The Labute approximate surface area is 199 Å². The number of ketones is 1. The summed E-state index contributed by atoms with van der Waals surface area (Å²) >= 11 is 6.10. The molecule has 1 aliphatic carbocycles. The van der Waals surface area contributed by atoms with E-state index < -0.39 is 23.6 Å². The first-order valence-electron chi connectivity index (χ1n) is 10.7. The minimum atomic E-state index is -4.59. The Morgan fingerprint density at radius 1 is 1.15 bits per heavy atom. The molecule has 4 rings (SSSR count). The van der Waals surface area contributed by atoms with Gasteiger partial charge >= 0.3 is 6.18 Å². The maximum absolute atomic E-state index is 13.5. The quantitative estimate of drug-likeness (QED) is 0.553. The van der Waals surface area contributed by atoms with Crippen LogP contribution in [-0.2, 0) is 15.8 Å². The maximum atomic E-state index is 13.5. The van der Waals surface area contributed by atoms with Crippen LogP contribution in [0.1, 0.15) is 43.2 Å². The van der Waals surface area contributed by atoms with Crippen LogP contribution < -0.4 is 15.4 Å². The van der Waals surface area contributed by atoms with Crippen molar-refractivity contribution in [3.8, 4) is 5.75 Å². The number of ether oxygens (including phenoxy) is 1. The number of hydrogen-bond donors (Lipinski definition) is 2. The lowest BCUT2D eigenvalue weighted by atomic mass is 9.75. The van der Waals surface area contributed by atoms with Gasteiger partial charge in [0.1, 0.15) is 5.75 Å². The average molecular weight is 491 g/mol. The van der Waals surface area contributed by atoms with Crippen LogP contribution in [0.3, 0.4) is 0 Å². The summed E-state index contributed by atoms with van der Waals surface area (Å²) in [5, 5.41) is 5.68. The van der Waals surface area contributed by atoms with Crippen LogP contribution >= 0.6 is 11.6 Å². The topological polar surface area (TPSA) is 67.4 Å². The molecular formula is C25H22ClF3N2O3. The molecule has 0 saturated carbocycles. The summed E-state index contributed by atoms with van der Waals surface area (Å²) in [5.41, 5.74) is 1.64. The molecule has 2 N–H and O–H groups in total. The third-order valence-electron chi connectivity index (χ3n) is 6.01. The number of dihydropyridines is 1. The molecule has 2 aromatic rings. The van der Waals surface area contributed by atoms with Gasteiger partial charge in [0.25, 0.3) is 5.91 Å². The largest absolute Gasteiger partial charge is 0.497 e. The SMILES string of the molecule is COc1ccc([C@H]2C(C(=O)Nc3cc(C(F)(F)F)ccc3Cl)=C(C)NC3=C2C(=O)CCC3)cc1. The van der Waals surface area contributed by atoms with Crippen LogP contribution in [0.5, 0.6) is 5.75 Å². The van der Waals surface area contributed by atoms with E-state index in [0.29, 0.717) is 41.8 Å². The van der Waals surface area contributed by atoms with Crippen LogP contribution in [0, 0.1) is 0 Å². The van der Waals surface area contributed by atoms with Crippen molar-refractivity contribution in [2.24, 2.45) is 0 Å². The number of benzene rings is 2. The van der Waals surface area contributed by atoms with Crippen LogP contribution in [0.25, 0.3) is 0 Å². The molecule has 0 aromatic heterocycles. The van der Waals surface area contributed by atoms with Crippen molar-refractivity contribution in [3.05, 3.63) is 81.2 Å². The van der Waals surface area contributed by atoms with E-state index in [1.807, 2.05) is 0 Å². The molecule has 2 aliphatic rings. The van der Waals surface area contributed by atoms with Gasteiger partial charge in [0.15, 0.2) is 5.78 Å². The standard InChI is InChI=1S/C25H22ClF3N2O3/c1-13-21(24(33)31-19-12-15(25(27,28)29)8-11-17(19)26)22(14-6-9-16(34-2)10-7-14)23-18(30-13)4-3-5-20(23)32/h6-12,22,30H,3-5H2,1-2H3,(H,31,33)/t22-/m0/s1. The third kappa shape index (κ3) is 4.55. The van der Waals surface area contributed by atoms with Crippen molar-refractivity contribution < 1.29 is 27.5 Å². The smallest absolute Gasteiger partial charge is 0.416 e. The van der Waals surface area contributed by atoms with Gasteiger partial charge in [-0.1, -0.05) is 23.7 Å². The van der Waals surface area contributed by atoms with E-state index in [1.165, 1.54) is 7.11 Å². The number of nitrogens with one attached hydrogen (secondary N) is 2. The van der Waals surface area contributed by atoms with E-state index in [9.17, 15) is 22.8 Å². The maximum Gasteiger partial charge on any atom is 0.416 e. The predicted molar refractivity (Wildman–Crippen MR) is 123 cm³/mol. The molecule has 1 heterocycles. The van der Waals surface area contributed by atoms with Crippen molar-refractivity contribution in [2.75, 3.05) is 12.4 Å². The Hall–Kier alpha value is -3.26. The van der Waals surface area contributed by atoms with Crippen LogP contribution in [-0.4, -0.2) is 18.8 Å². The van der Waals surface area contributed by atoms with Gasteiger partial charge in [0, 0.05) is 34.9 Å². The summed E-state index contributed by atoms with van der Waals surface area (Å²) in [6, 6.07) is 9.76. The fraction of sp³-hybridized carbons (Fsp3) is 0.280. The minimum Gasteiger partial charge on any atom is -0.497 e. The molecule has 0 fully saturated rings. The lowest BCUT2D eigenvalue weighted by molar-refractivity contribution is -0.137. The fourth-order valence-corrected chi connectivity index (χ4v) is 4.57. The minimum absolute atomic E-state index is 0.0296. The number of alkyl halides is 3. The Bertz CT molecular complexity index is 1220. The molecule has 2 aromatic carbocycles. The second-order valence-electron chi connectivity index (χ2n) is 8.19. The summed E-state index contributed by atoms with van der Waals surface area (Å²) in [4.78, 5) is 26.4. The van der Waals surface area contributed by atoms with Gasteiger partial charge in [0.05, 0.1) is 23.4 Å². The average Bonchev–Trinajstić information content (AvgIpc) is 2.79. The Kier molecular flexibility index (Phi) is 6.45. The van der Waals surface area contributed by atoms with E-state index in [-0.39, 0.29) is 22.1 Å². The highest BCUT2D eigenvalue weighted by Gasteiger charge is 2.39. The lowest BCUT2D eigenvalue weighted by Gasteiger charge is -2.34. The first-order chi connectivity index (χ1) is 16.1. The fourth-order valence-electron chi connectivity index (χ4n) is 4.40. The number of anilines is 1. The van der Waals surface area contributed by atoms with Gasteiger partial charge in [-0.15, -0.1) is 0 Å². The molecule has 1 amide bonds. The zero-order valence-corrected chi connectivity index (χ0v) is 19.2. The van der Waals surface area contributed by atoms with Crippen LogP contribution in [0.2, 0.25) is 5.02 Å². The number of rotatable bonds is 4. The number of allylic oxidation sites excluding steroid dienone is 3. The number of amides is 1. The highest BCUT2D eigenvalue weighted by molar-refractivity contribution is 6.34. The van der Waals surface area contributed by atoms with Gasteiger partial charge in [-0.2, -0.15) is 13.2 Å². The van der Waals surface area contributed by atoms with E-state index in [4.69, 9.17) is 16.3 Å². The summed E-state index contributed by atoms with van der Waals surface area (Å²) < 4.78 is 44.8. The molecule has 0 radical (unpaired) electrons. The normalized spacial score (nSPS) is 18.4. The zero-order chi connectivity index (χ0) is 24.6. The molecule has 0 unspecified atom stereocenters. The Morgan fingerprint density at radius 3 is 2.50 bits per heavy atom. The van der Waals surface area contributed by atoms with E-state index in [1.54, 1.807) is 31.2 Å². The number of halogens is 4. The second-order valence-corrected chi connectivity index (χ2v) is 8.59. The molecule has 178 valence electrons. The number of Topliss-reactive ketones (excluding diaryl/α,β-unsaturated/α-hetero) is 1. The second kappa shape index (κ2) is 9.18. The van der Waals surface area contributed by atoms with Gasteiger partial charge in [-0.3, -0.25) is 9.59 Å². The molecule has 0 saturated heterocycles. The van der Waals surface area contributed by atoms with Gasteiger partial charge in [-0.25, -0.2) is 0 Å². The Balaban J connectivity index is 1.77. The Morgan fingerprint density at radius 2 is 1.85 bits per heavy atom. The van der Waals surface area contributed by atoms with Crippen molar-refractivity contribution >= 4 is 29.0 Å². The van der Waals surface area contributed by atoms with Crippen LogP contribution in [0.15, 0.2) is 65.0 Å². The van der Waals surface area contributed by atoms with Gasteiger partial charge < -0.3 is 15.4 Å². The highest BCUT2D eigenvalue weighted by Crippen LogP contribution is 2.43. The first kappa shape index (κ1) is 23.9. The molecule has 9 heteroatoms. The molecule has 0 bridgehead atoms. The van der Waals surface area contributed by atoms with E-state index in [2.05, 4.69) is 10.6 Å². The van der Waals surface area contributed by atoms with E-state index in [0.717, 1.165) is 23.9 Å². The summed E-state index contributed by atoms with van der Waals surface area (Å²) in [7, 11) is 1.53. The molecule has 0 spiro atoms. The lowest BCUT2D eigenvalue weighted by Crippen LogP contribution is -2.35. The molecular weight excluding hydrogens is 469 g/mol. The summed E-state index contributed by atoms with van der Waals surface area (Å²) in [6.45, 7) is 1.71. The monoisotopic (exact) mass is 490 g/mol. The molecule has 1 aliphatic heterocycles. The van der Waals surface area contributed by atoms with Crippen molar-refractivity contribution in [3.63, 3.8) is 0 Å². The molecule has 1 atom stereocenters. The zero-order valence-electron chi connectivity index (χ0n) is 18.5. The van der Waals surface area contributed by atoms with Gasteiger partial charge in [-0.05, 0) is 55.7 Å². The number of carbonyl (C=O) groups is 2. The summed E-state index contributed by atoms with van der Waals surface area (Å²) in [5.74, 6) is -0.773. The number of methoxy groups -OCH3 is 1. The highest BCUT2D eigenvalue weighted by atomic mass is 35.5. The van der Waals surface area contributed by atoms with Gasteiger partial charge in [0.2, 0.25) is 0 Å².